The molecule has 1 aliphatic heterocycles. The fourth-order valence-corrected chi connectivity index (χ4v) is 3.99. The Bertz CT molecular complexity index is 707. The van der Waals surface area contributed by atoms with Crippen LogP contribution in [0.1, 0.15) is 12.8 Å². The number of benzene rings is 1. The van der Waals surface area contributed by atoms with E-state index in [0.717, 1.165) is 14.1 Å². The van der Waals surface area contributed by atoms with Crippen molar-refractivity contribution in [2.45, 2.75) is 18.9 Å². The van der Waals surface area contributed by atoms with E-state index in [1.807, 2.05) is 12.1 Å². The first-order valence-corrected chi connectivity index (χ1v) is 9.89. The minimum atomic E-state index is -3.46. The molecule has 0 saturated carbocycles. The van der Waals surface area contributed by atoms with Gasteiger partial charge >= 0.3 is 5.97 Å². The third kappa shape index (κ3) is 4.88. The van der Waals surface area contributed by atoms with E-state index in [9.17, 15) is 18.0 Å². The number of nitrogens with zero attached hydrogens (tertiary/aromatic N) is 1. The predicted octanol–water partition coefficient (Wildman–Crippen LogP) is 1.20. The minimum absolute atomic E-state index is 0.299. The van der Waals surface area contributed by atoms with Gasteiger partial charge in [0.25, 0.3) is 5.91 Å². The van der Waals surface area contributed by atoms with E-state index in [1.54, 1.807) is 12.1 Å². The van der Waals surface area contributed by atoms with Crippen molar-refractivity contribution in [1.82, 2.24) is 4.31 Å². The average molecular weight is 452 g/mol. The Kier molecular flexibility index (Phi) is 5.98. The van der Waals surface area contributed by atoms with Gasteiger partial charge in [-0.1, -0.05) is 12.1 Å². The van der Waals surface area contributed by atoms with Crippen LogP contribution in [0.4, 0.5) is 5.69 Å². The van der Waals surface area contributed by atoms with Crippen LogP contribution in [0.2, 0.25) is 0 Å². The maximum Gasteiger partial charge on any atom is 0.324 e. The number of rotatable bonds is 5. The number of amides is 1. The topological polar surface area (TPSA) is 92.8 Å². The lowest BCUT2D eigenvalue weighted by Gasteiger charge is -2.20. The molecule has 1 amide bonds. The number of para-hydroxylation sites is 1. The molecule has 0 radical (unpaired) electrons. The van der Waals surface area contributed by atoms with Crippen molar-refractivity contribution in [2.24, 2.45) is 0 Å². The number of hydrogen-bond acceptors (Lipinski definition) is 5. The Morgan fingerprint density at radius 1 is 1.39 bits per heavy atom. The maximum atomic E-state index is 12.0. The highest BCUT2D eigenvalue weighted by molar-refractivity contribution is 14.1. The summed E-state index contributed by atoms with van der Waals surface area (Å²) < 4.78 is 30.2. The van der Waals surface area contributed by atoms with Crippen molar-refractivity contribution < 1.29 is 22.7 Å². The molecule has 1 fully saturated rings. The lowest BCUT2D eigenvalue weighted by Crippen LogP contribution is -2.41. The van der Waals surface area contributed by atoms with Gasteiger partial charge in [-0.2, -0.15) is 4.31 Å². The maximum absolute atomic E-state index is 12.0. The Morgan fingerprint density at radius 3 is 2.74 bits per heavy atom. The summed E-state index contributed by atoms with van der Waals surface area (Å²) >= 11 is 2.08. The molecule has 1 heterocycles. The van der Waals surface area contributed by atoms with Gasteiger partial charge in [0.15, 0.2) is 6.61 Å². The third-order valence-electron chi connectivity index (χ3n) is 3.40. The molecule has 1 unspecified atom stereocenters. The van der Waals surface area contributed by atoms with E-state index in [1.165, 1.54) is 0 Å². The van der Waals surface area contributed by atoms with E-state index in [-0.39, 0.29) is 0 Å². The van der Waals surface area contributed by atoms with Crippen LogP contribution in [-0.2, 0) is 24.3 Å². The summed E-state index contributed by atoms with van der Waals surface area (Å²) in [5, 5.41) is 2.64. The molecule has 0 aromatic heterocycles. The second-order valence-electron chi connectivity index (χ2n) is 5.17. The molecule has 7 nitrogen and oxygen atoms in total. The summed E-state index contributed by atoms with van der Waals surface area (Å²) in [6.45, 7) is -0.148. The lowest BCUT2D eigenvalue weighted by molar-refractivity contribution is -0.150. The number of carbonyl (C=O) groups excluding carboxylic acids is 2. The van der Waals surface area contributed by atoms with E-state index in [4.69, 9.17) is 4.74 Å². The van der Waals surface area contributed by atoms with Crippen molar-refractivity contribution in [2.75, 3.05) is 24.7 Å². The lowest BCUT2D eigenvalue weighted by atomic mass is 10.2. The first-order valence-electron chi connectivity index (χ1n) is 6.97. The Morgan fingerprint density at radius 2 is 2.09 bits per heavy atom. The molecular formula is C14H17IN2O5S. The first kappa shape index (κ1) is 18.1. The average Bonchev–Trinajstić information content (AvgIpc) is 2.97. The SMILES string of the molecule is CS(=O)(=O)N1CCCC1C(=O)OCC(=O)Nc1ccccc1I. The van der Waals surface area contributed by atoms with Gasteiger partial charge in [-0.25, -0.2) is 8.42 Å². The van der Waals surface area contributed by atoms with Gasteiger partial charge in [-0.15, -0.1) is 0 Å². The number of hydrogen-bond donors (Lipinski definition) is 1. The van der Waals surface area contributed by atoms with Crippen molar-refractivity contribution >= 4 is 50.2 Å². The van der Waals surface area contributed by atoms with Crippen molar-refractivity contribution in [3.8, 4) is 0 Å². The van der Waals surface area contributed by atoms with Crippen LogP contribution in [0.3, 0.4) is 0 Å². The fourth-order valence-electron chi connectivity index (χ4n) is 2.35. The molecule has 23 heavy (non-hydrogen) atoms. The van der Waals surface area contributed by atoms with Gasteiger partial charge in [0.05, 0.1) is 11.9 Å². The van der Waals surface area contributed by atoms with E-state index in [0.29, 0.717) is 25.1 Å². The number of halogens is 1. The van der Waals surface area contributed by atoms with Crippen LogP contribution < -0.4 is 5.32 Å². The normalized spacial score (nSPS) is 18.6. The molecule has 0 aliphatic carbocycles. The van der Waals surface area contributed by atoms with Crippen molar-refractivity contribution in [3.63, 3.8) is 0 Å². The van der Waals surface area contributed by atoms with Gasteiger partial charge in [0.2, 0.25) is 10.0 Å². The van der Waals surface area contributed by atoms with E-state index in [2.05, 4.69) is 27.9 Å². The number of ether oxygens (including phenoxy) is 1. The van der Waals surface area contributed by atoms with Crippen LogP contribution in [0.5, 0.6) is 0 Å². The van der Waals surface area contributed by atoms with E-state index >= 15 is 0 Å². The van der Waals surface area contributed by atoms with Gasteiger partial charge in [0, 0.05) is 10.1 Å². The number of nitrogens with one attached hydrogen (secondary N) is 1. The Labute approximate surface area is 148 Å². The summed E-state index contributed by atoms with van der Waals surface area (Å²) in [4.78, 5) is 23.9. The zero-order chi connectivity index (χ0) is 17.0. The van der Waals surface area contributed by atoms with Gasteiger partial charge in [-0.3, -0.25) is 9.59 Å². The summed E-state index contributed by atoms with van der Waals surface area (Å²) in [6, 6.07) is 6.37. The third-order valence-corrected chi connectivity index (χ3v) is 5.62. The molecule has 1 saturated heterocycles. The zero-order valence-electron chi connectivity index (χ0n) is 12.5. The highest BCUT2D eigenvalue weighted by atomic mass is 127. The molecule has 1 atom stereocenters. The molecule has 0 bridgehead atoms. The van der Waals surface area contributed by atoms with Crippen LogP contribution in [0, 0.1) is 3.57 Å². The molecule has 1 aliphatic rings. The molecule has 1 N–H and O–H groups in total. The second kappa shape index (κ2) is 7.58. The van der Waals surface area contributed by atoms with Gasteiger partial charge in [-0.05, 0) is 47.6 Å². The molecular weight excluding hydrogens is 435 g/mol. The van der Waals surface area contributed by atoms with Crippen LogP contribution in [0.25, 0.3) is 0 Å². The van der Waals surface area contributed by atoms with Crippen LogP contribution in [0.15, 0.2) is 24.3 Å². The monoisotopic (exact) mass is 452 g/mol. The smallest absolute Gasteiger partial charge is 0.324 e. The highest BCUT2D eigenvalue weighted by Crippen LogP contribution is 2.21. The molecule has 9 heteroatoms. The van der Waals surface area contributed by atoms with E-state index < -0.39 is 34.5 Å². The van der Waals surface area contributed by atoms with Crippen molar-refractivity contribution in [1.29, 1.82) is 0 Å². The molecule has 1 aromatic rings. The number of anilines is 1. The Balaban J connectivity index is 1.89. The molecule has 126 valence electrons. The van der Waals surface area contributed by atoms with Gasteiger partial charge < -0.3 is 10.1 Å². The summed E-state index contributed by atoms with van der Waals surface area (Å²) in [7, 11) is -3.46. The fraction of sp³-hybridized carbons (Fsp3) is 0.429. The quantitative estimate of drug-likeness (QED) is 0.536. The summed E-state index contributed by atoms with van der Waals surface area (Å²) in [5.41, 5.74) is 0.632. The molecule has 0 spiro atoms. The highest BCUT2D eigenvalue weighted by Gasteiger charge is 2.37. The molecule has 1 aromatic carbocycles. The zero-order valence-corrected chi connectivity index (χ0v) is 15.5. The van der Waals surface area contributed by atoms with Crippen LogP contribution >= 0.6 is 22.6 Å². The largest absolute Gasteiger partial charge is 0.454 e. The number of carbonyl (C=O) groups is 2. The Hall–Kier alpha value is -1.20. The predicted molar refractivity (Wildman–Crippen MR) is 93.3 cm³/mol. The molecule has 2 rings (SSSR count). The van der Waals surface area contributed by atoms with Gasteiger partial charge in [0.1, 0.15) is 6.04 Å². The van der Waals surface area contributed by atoms with Crippen LogP contribution in [-0.4, -0.2) is 50.0 Å². The summed E-state index contributed by atoms with van der Waals surface area (Å²) in [6.07, 6.45) is 2.06. The second-order valence-corrected chi connectivity index (χ2v) is 8.26. The first-order chi connectivity index (χ1) is 10.8. The number of sulfonamides is 1. The standard InChI is InChI=1S/C14H17IN2O5S/c1-23(20,21)17-8-4-7-12(17)14(19)22-9-13(18)16-11-6-3-2-5-10(11)15/h2-3,5-6,12H,4,7-9H2,1H3,(H,16,18). The number of esters is 1. The summed E-state index contributed by atoms with van der Waals surface area (Å²) in [5.74, 6) is -1.16. The van der Waals surface area contributed by atoms with Crippen molar-refractivity contribution in [3.05, 3.63) is 27.8 Å². The minimum Gasteiger partial charge on any atom is -0.454 e.